The Balaban J connectivity index is 1.84. The first-order valence-corrected chi connectivity index (χ1v) is 9.79. The maximum absolute atomic E-state index is 11.5. The van der Waals surface area contributed by atoms with E-state index in [-0.39, 0.29) is 6.04 Å². The Labute approximate surface area is 142 Å². The maximum Gasteiger partial charge on any atom is 0.208 e. The van der Waals surface area contributed by atoms with Gasteiger partial charge in [-0.1, -0.05) is 0 Å². The second-order valence-electron chi connectivity index (χ2n) is 6.53. The second kappa shape index (κ2) is 6.30. The monoisotopic (exact) mass is 352 g/mol. The van der Waals surface area contributed by atoms with Gasteiger partial charge in [-0.2, -0.15) is 5.10 Å². The summed E-state index contributed by atoms with van der Waals surface area (Å²) in [5.74, 6) is 0. The van der Waals surface area contributed by atoms with E-state index in [4.69, 9.17) is 0 Å². The van der Waals surface area contributed by atoms with Crippen molar-refractivity contribution >= 4 is 10.0 Å². The molecule has 132 valence electrons. The first-order valence-electron chi connectivity index (χ1n) is 7.90. The highest BCUT2D eigenvalue weighted by Gasteiger charge is 2.30. The summed E-state index contributed by atoms with van der Waals surface area (Å²) in [7, 11) is 0.697. The quantitative estimate of drug-likeness (QED) is 0.815. The molecule has 24 heavy (non-hydrogen) atoms. The maximum atomic E-state index is 11.5. The van der Waals surface area contributed by atoms with Gasteiger partial charge < -0.3 is 4.57 Å². The summed E-state index contributed by atoms with van der Waals surface area (Å²) in [4.78, 5) is 6.75. The lowest BCUT2D eigenvalue weighted by molar-refractivity contribution is 0.155. The minimum atomic E-state index is -3.21. The van der Waals surface area contributed by atoms with E-state index >= 15 is 0 Å². The van der Waals surface area contributed by atoms with Crippen molar-refractivity contribution in [2.45, 2.75) is 32.5 Å². The Kier molecular flexibility index (Phi) is 4.50. The van der Waals surface area contributed by atoms with Crippen LogP contribution >= 0.6 is 0 Å². The summed E-state index contributed by atoms with van der Waals surface area (Å²) in [5.41, 5.74) is 4.32. The average molecular weight is 352 g/mol. The van der Waals surface area contributed by atoms with Crippen LogP contribution in [0, 0.1) is 6.92 Å². The van der Waals surface area contributed by atoms with Crippen molar-refractivity contribution in [1.29, 1.82) is 0 Å². The molecule has 0 bridgehead atoms. The molecule has 3 rings (SSSR count). The minimum Gasteiger partial charge on any atom is -0.337 e. The van der Waals surface area contributed by atoms with Crippen LogP contribution in [0.4, 0.5) is 0 Å². The molecule has 0 radical (unpaired) electrons. The molecule has 1 unspecified atom stereocenters. The van der Waals surface area contributed by atoms with Crippen LogP contribution in [-0.4, -0.2) is 51.5 Å². The first-order chi connectivity index (χ1) is 11.2. The van der Waals surface area contributed by atoms with E-state index in [0.29, 0.717) is 19.6 Å². The van der Waals surface area contributed by atoms with Gasteiger partial charge >= 0.3 is 0 Å². The zero-order valence-corrected chi connectivity index (χ0v) is 15.3. The molecule has 0 saturated carbocycles. The normalized spacial score (nSPS) is 18.8. The smallest absolute Gasteiger partial charge is 0.208 e. The van der Waals surface area contributed by atoms with Crippen molar-refractivity contribution in [2.75, 3.05) is 12.8 Å². The number of aryl methyl sites for hydroxylation is 3. The average Bonchev–Trinajstić information content (AvgIpc) is 2.99. The highest BCUT2D eigenvalue weighted by molar-refractivity contribution is 7.88. The summed E-state index contributed by atoms with van der Waals surface area (Å²) in [6.07, 6.45) is 3.79. The third kappa shape index (κ3) is 3.68. The van der Waals surface area contributed by atoms with Gasteiger partial charge in [0.1, 0.15) is 0 Å². The van der Waals surface area contributed by atoms with E-state index in [1.165, 1.54) is 11.9 Å². The molecular weight excluding hydrogens is 328 g/mol. The van der Waals surface area contributed by atoms with Crippen molar-refractivity contribution in [3.05, 3.63) is 35.2 Å². The largest absolute Gasteiger partial charge is 0.337 e. The van der Waals surface area contributed by atoms with Crippen LogP contribution in [0.1, 0.15) is 22.8 Å². The number of aromatic nitrogens is 4. The molecule has 0 aliphatic carbocycles. The number of sulfonamides is 1. The van der Waals surface area contributed by atoms with E-state index in [1.54, 1.807) is 0 Å². The number of fused-ring (bicyclic) bond motifs is 1. The van der Waals surface area contributed by atoms with E-state index in [1.807, 2.05) is 36.6 Å². The van der Waals surface area contributed by atoms with Gasteiger partial charge in [0.2, 0.25) is 10.0 Å². The van der Waals surface area contributed by atoms with Gasteiger partial charge in [-0.3, -0.25) is 9.58 Å². The highest BCUT2D eigenvalue weighted by Crippen LogP contribution is 2.24. The number of imidazole rings is 1. The Hall–Kier alpha value is -1.71. The molecule has 0 fully saturated rings. The third-order valence-corrected chi connectivity index (χ3v) is 5.18. The molecule has 2 aromatic rings. The summed E-state index contributed by atoms with van der Waals surface area (Å²) in [6, 6.07) is 2.15. The number of hydrogen-bond donors (Lipinski definition) is 1. The standard InChI is InChI=1S/C15H24N6O2S/c1-11-5-13(20(3)18-11)8-21-9-14-15(19(2)10-16-14)6-12(21)7-17-24(4,22)23/h5,10,12,17H,6-9H2,1-4H3. The van der Waals surface area contributed by atoms with Gasteiger partial charge in [-0.15, -0.1) is 0 Å². The van der Waals surface area contributed by atoms with Gasteiger partial charge in [-0.05, 0) is 13.0 Å². The molecule has 2 aromatic heterocycles. The molecule has 1 atom stereocenters. The minimum absolute atomic E-state index is 0.0813. The Bertz CT molecular complexity index is 838. The summed E-state index contributed by atoms with van der Waals surface area (Å²) >= 11 is 0. The lowest BCUT2D eigenvalue weighted by atomic mass is 10.0. The predicted octanol–water partition coefficient (Wildman–Crippen LogP) is -0.0619. The number of nitrogens with one attached hydrogen (secondary N) is 1. The molecule has 0 aromatic carbocycles. The van der Waals surface area contributed by atoms with E-state index in [9.17, 15) is 8.42 Å². The van der Waals surface area contributed by atoms with Crippen molar-refractivity contribution < 1.29 is 8.42 Å². The summed E-state index contributed by atoms with van der Waals surface area (Å²) < 4.78 is 29.5. The third-order valence-electron chi connectivity index (χ3n) is 4.49. The van der Waals surface area contributed by atoms with Gasteiger partial charge in [0.15, 0.2) is 0 Å². The first kappa shape index (κ1) is 17.1. The molecule has 0 saturated heterocycles. The van der Waals surface area contributed by atoms with Crippen LogP contribution < -0.4 is 4.72 Å². The van der Waals surface area contributed by atoms with E-state index < -0.39 is 10.0 Å². The molecule has 0 amide bonds. The molecule has 1 aliphatic heterocycles. The van der Waals surface area contributed by atoms with Crippen molar-refractivity contribution in [2.24, 2.45) is 14.1 Å². The summed E-state index contributed by atoms with van der Waals surface area (Å²) in [6.45, 7) is 3.78. The highest BCUT2D eigenvalue weighted by atomic mass is 32.2. The molecule has 3 heterocycles. The molecule has 0 spiro atoms. The van der Waals surface area contributed by atoms with Crippen LogP contribution in [0.25, 0.3) is 0 Å². The van der Waals surface area contributed by atoms with Crippen LogP contribution in [0.15, 0.2) is 12.4 Å². The number of nitrogens with zero attached hydrogens (tertiary/aromatic N) is 5. The van der Waals surface area contributed by atoms with E-state index in [0.717, 1.165) is 23.5 Å². The van der Waals surface area contributed by atoms with Crippen molar-refractivity contribution in [1.82, 2.24) is 29.0 Å². The Morgan fingerprint density at radius 2 is 2.12 bits per heavy atom. The lowest BCUT2D eigenvalue weighted by Gasteiger charge is -2.35. The van der Waals surface area contributed by atoms with Gasteiger partial charge in [0, 0.05) is 51.9 Å². The SMILES string of the molecule is Cc1cc(CN2Cc3ncn(C)c3CC2CNS(C)(=O)=O)n(C)n1. The fourth-order valence-electron chi connectivity index (χ4n) is 3.23. The van der Waals surface area contributed by atoms with Crippen molar-refractivity contribution in [3.63, 3.8) is 0 Å². The number of rotatable bonds is 5. The molecule has 9 heteroatoms. The molecule has 1 N–H and O–H groups in total. The summed E-state index contributed by atoms with van der Waals surface area (Å²) in [5, 5.41) is 4.39. The van der Waals surface area contributed by atoms with Gasteiger partial charge in [0.05, 0.1) is 29.7 Å². The zero-order chi connectivity index (χ0) is 17.5. The van der Waals surface area contributed by atoms with Crippen LogP contribution in [0.2, 0.25) is 0 Å². The molecule has 8 nitrogen and oxygen atoms in total. The fourth-order valence-corrected chi connectivity index (χ4v) is 3.72. The van der Waals surface area contributed by atoms with Crippen LogP contribution in [0.5, 0.6) is 0 Å². The predicted molar refractivity (Wildman–Crippen MR) is 90.7 cm³/mol. The van der Waals surface area contributed by atoms with Crippen molar-refractivity contribution in [3.8, 4) is 0 Å². The number of hydrogen-bond acceptors (Lipinski definition) is 5. The molecular formula is C15H24N6O2S. The Morgan fingerprint density at radius 3 is 2.75 bits per heavy atom. The fraction of sp³-hybridized carbons (Fsp3) is 0.600. The van der Waals surface area contributed by atoms with Crippen LogP contribution in [0.3, 0.4) is 0 Å². The Morgan fingerprint density at radius 1 is 1.38 bits per heavy atom. The van der Waals surface area contributed by atoms with E-state index in [2.05, 4.69) is 25.8 Å². The van der Waals surface area contributed by atoms with Gasteiger partial charge in [-0.25, -0.2) is 18.1 Å². The zero-order valence-electron chi connectivity index (χ0n) is 14.5. The van der Waals surface area contributed by atoms with Crippen LogP contribution in [-0.2, 0) is 43.6 Å². The lowest BCUT2D eigenvalue weighted by Crippen LogP contribution is -2.47. The topological polar surface area (TPSA) is 85.0 Å². The molecule has 1 aliphatic rings. The second-order valence-corrected chi connectivity index (χ2v) is 8.37. The van der Waals surface area contributed by atoms with Gasteiger partial charge in [0.25, 0.3) is 0 Å².